The van der Waals surface area contributed by atoms with Gasteiger partial charge in [-0.1, -0.05) is 6.07 Å². The Morgan fingerprint density at radius 1 is 1.28 bits per heavy atom. The lowest BCUT2D eigenvalue weighted by Gasteiger charge is -2.07. The Kier molecular flexibility index (Phi) is 3.93. The van der Waals surface area contributed by atoms with Crippen LogP contribution in [0.3, 0.4) is 0 Å². The maximum absolute atomic E-state index is 13.8. The van der Waals surface area contributed by atoms with Crippen LogP contribution in [0.25, 0.3) is 0 Å². The molecule has 0 fully saturated rings. The van der Waals surface area contributed by atoms with Gasteiger partial charge in [0.2, 0.25) is 0 Å². The first-order valence-electron chi connectivity index (χ1n) is 5.50. The van der Waals surface area contributed by atoms with Crippen molar-refractivity contribution in [2.75, 3.05) is 0 Å². The minimum atomic E-state index is -0.672. The Labute approximate surface area is 109 Å². The maximum atomic E-state index is 13.8. The molecule has 2 aromatic rings. The molecule has 0 bridgehead atoms. The molecule has 5 heteroatoms. The number of aromatic nitrogens is 2. The van der Waals surface area contributed by atoms with Crippen LogP contribution in [0.5, 0.6) is 0 Å². The largest absolute Gasteiger partial charge is 0.389 e. The molecule has 18 heavy (non-hydrogen) atoms. The Balaban J connectivity index is 2.22. The van der Waals surface area contributed by atoms with Gasteiger partial charge in [0, 0.05) is 12.4 Å². The van der Waals surface area contributed by atoms with Gasteiger partial charge in [0.15, 0.2) is 5.16 Å². The van der Waals surface area contributed by atoms with Gasteiger partial charge in [-0.25, -0.2) is 14.4 Å². The summed E-state index contributed by atoms with van der Waals surface area (Å²) in [5.41, 5.74) is 1.52. The molecule has 0 aliphatic heterocycles. The lowest BCUT2D eigenvalue weighted by Crippen LogP contribution is -1.94. The van der Waals surface area contributed by atoms with Gasteiger partial charge in [0.25, 0.3) is 0 Å². The maximum Gasteiger partial charge on any atom is 0.192 e. The number of halogens is 1. The van der Waals surface area contributed by atoms with Gasteiger partial charge < -0.3 is 5.11 Å². The number of aliphatic hydroxyl groups excluding tert-OH is 1. The Bertz CT molecular complexity index is 543. The van der Waals surface area contributed by atoms with E-state index in [2.05, 4.69) is 9.97 Å². The molecule has 1 aromatic heterocycles. The van der Waals surface area contributed by atoms with Gasteiger partial charge in [-0.15, -0.1) is 0 Å². The van der Waals surface area contributed by atoms with E-state index in [1.165, 1.54) is 6.07 Å². The third-order valence-electron chi connectivity index (χ3n) is 2.40. The second kappa shape index (κ2) is 5.46. The zero-order valence-corrected chi connectivity index (χ0v) is 10.9. The quantitative estimate of drug-likeness (QED) is 0.865. The van der Waals surface area contributed by atoms with E-state index >= 15 is 0 Å². The SMILES string of the molecule is Cc1cnc(Sc2ccc(C(C)O)cc2F)nc1. The van der Waals surface area contributed by atoms with Crippen molar-refractivity contribution < 1.29 is 9.50 Å². The Morgan fingerprint density at radius 2 is 1.94 bits per heavy atom. The normalized spacial score (nSPS) is 12.4. The highest BCUT2D eigenvalue weighted by molar-refractivity contribution is 7.99. The van der Waals surface area contributed by atoms with Crippen molar-refractivity contribution in [1.82, 2.24) is 9.97 Å². The molecule has 0 radical (unpaired) electrons. The van der Waals surface area contributed by atoms with Crippen molar-refractivity contribution in [3.8, 4) is 0 Å². The zero-order valence-electron chi connectivity index (χ0n) is 10.1. The standard InChI is InChI=1S/C13H13FN2OS/c1-8-6-15-13(16-7-8)18-12-4-3-10(9(2)17)5-11(12)14/h3-7,9,17H,1-2H3. The van der Waals surface area contributed by atoms with E-state index in [0.29, 0.717) is 15.6 Å². The van der Waals surface area contributed by atoms with Crippen LogP contribution in [0.2, 0.25) is 0 Å². The van der Waals surface area contributed by atoms with Crippen LogP contribution in [-0.2, 0) is 0 Å². The second-order valence-corrected chi connectivity index (χ2v) is 5.02. The summed E-state index contributed by atoms with van der Waals surface area (Å²) in [7, 11) is 0. The number of hydrogen-bond acceptors (Lipinski definition) is 4. The van der Waals surface area contributed by atoms with Crippen LogP contribution in [0, 0.1) is 12.7 Å². The minimum Gasteiger partial charge on any atom is -0.389 e. The summed E-state index contributed by atoms with van der Waals surface area (Å²) >= 11 is 1.16. The third-order valence-corrected chi connectivity index (χ3v) is 3.34. The number of benzene rings is 1. The molecule has 94 valence electrons. The number of rotatable bonds is 3. The van der Waals surface area contributed by atoms with Gasteiger partial charge in [-0.05, 0) is 48.9 Å². The third kappa shape index (κ3) is 3.05. The summed E-state index contributed by atoms with van der Waals surface area (Å²) in [4.78, 5) is 8.66. The van der Waals surface area contributed by atoms with Crippen LogP contribution >= 0.6 is 11.8 Å². The molecule has 2 rings (SSSR count). The number of hydrogen-bond donors (Lipinski definition) is 1. The molecule has 0 spiro atoms. The first-order chi connectivity index (χ1) is 8.56. The molecule has 1 aromatic carbocycles. The van der Waals surface area contributed by atoms with Crippen LogP contribution in [0.1, 0.15) is 24.2 Å². The molecule has 1 unspecified atom stereocenters. The topological polar surface area (TPSA) is 46.0 Å². The molecule has 0 aliphatic rings. The lowest BCUT2D eigenvalue weighted by atomic mass is 10.1. The van der Waals surface area contributed by atoms with E-state index in [-0.39, 0.29) is 5.82 Å². The fraction of sp³-hybridized carbons (Fsp3) is 0.231. The predicted molar refractivity (Wildman–Crippen MR) is 67.9 cm³/mol. The number of aliphatic hydroxyl groups is 1. The highest BCUT2D eigenvalue weighted by Crippen LogP contribution is 2.28. The van der Waals surface area contributed by atoms with Gasteiger partial charge in [-0.2, -0.15) is 0 Å². The molecule has 0 aliphatic carbocycles. The first-order valence-corrected chi connectivity index (χ1v) is 6.32. The molecule has 0 saturated carbocycles. The average Bonchev–Trinajstić information content (AvgIpc) is 2.34. The highest BCUT2D eigenvalue weighted by Gasteiger charge is 2.09. The fourth-order valence-corrected chi connectivity index (χ4v) is 2.09. The first kappa shape index (κ1) is 13.0. The van der Waals surface area contributed by atoms with Crippen molar-refractivity contribution in [3.63, 3.8) is 0 Å². The molecular formula is C13H13FN2OS. The van der Waals surface area contributed by atoms with Crippen LogP contribution in [0.4, 0.5) is 4.39 Å². The van der Waals surface area contributed by atoms with Gasteiger partial charge in [0.1, 0.15) is 5.82 Å². The van der Waals surface area contributed by atoms with E-state index in [0.717, 1.165) is 17.3 Å². The summed E-state index contributed by atoms with van der Waals surface area (Å²) < 4.78 is 13.8. The monoisotopic (exact) mass is 264 g/mol. The van der Waals surface area contributed by atoms with Crippen molar-refractivity contribution in [1.29, 1.82) is 0 Å². The van der Waals surface area contributed by atoms with Crippen molar-refractivity contribution in [2.45, 2.75) is 30.0 Å². The summed E-state index contributed by atoms with van der Waals surface area (Å²) in [5, 5.41) is 9.87. The van der Waals surface area contributed by atoms with E-state index < -0.39 is 6.10 Å². The van der Waals surface area contributed by atoms with E-state index in [9.17, 15) is 9.50 Å². The van der Waals surface area contributed by atoms with Crippen molar-refractivity contribution in [3.05, 3.63) is 47.5 Å². The zero-order chi connectivity index (χ0) is 13.1. The van der Waals surface area contributed by atoms with E-state index in [1.807, 2.05) is 6.92 Å². The van der Waals surface area contributed by atoms with Crippen LogP contribution in [-0.4, -0.2) is 15.1 Å². The van der Waals surface area contributed by atoms with E-state index in [1.54, 1.807) is 31.5 Å². The molecule has 0 amide bonds. The Morgan fingerprint density at radius 3 is 2.50 bits per heavy atom. The summed E-state index contributed by atoms with van der Waals surface area (Å²) in [5.74, 6) is -0.373. The molecule has 3 nitrogen and oxygen atoms in total. The smallest absolute Gasteiger partial charge is 0.192 e. The Hall–Kier alpha value is -1.46. The lowest BCUT2D eigenvalue weighted by molar-refractivity contribution is 0.198. The van der Waals surface area contributed by atoms with E-state index in [4.69, 9.17) is 0 Å². The molecule has 1 atom stereocenters. The average molecular weight is 264 g/mol. The van der Waals surface area contributed by atoms with Gasteiger partial charge in [0.05, 0.1) is 11.0 Å². The molecule has 1 N–H and O–H groups in total. The molecule has 1 heterocycles. The van der Waals surface area contributed by atoms with Crippen molar-refractivity contribution in [2.24, 2.45) is 0 Å². The van der Waals surface area contributed by atoms with Gasteiger partial charge >= 0.3 is 0 Å². The number of nitrogens with zero attached hydrogens (tertiary/aromatic N) is 2. The van der Waals surface area contributed by atoms with Crippen molar-refractivity contribution >= 4 is 11.8 Å². The van der Waals surface area contributed by atoms with Crippen LogP contribution < -0.4 is 0 Å². The predicted octanol–water partition coefficient (Wildman–Crippen LogP) is 3.13. The fourth-order valence-electron chi connectivity index (χ4n) is 1.39. The highest BCUT2D eigenvalue weighted by atomic mass is 32.2. The molecule has 0 saturated heterocycles. The van der Waals surface area contributed by atoms with Crippen LogP contribution in [0.15, 0.2) is 40.6 Å². The minimum absolute atomic E-state index is 0.373. The second-order valence-electron chi connectivity index (χ2n) is 4.01. The summed E-state index contributed by atoms with van der Waals surface area (Å²) in [6, 6.07) is 4.66. The summed E-state index contributed by atoms with van der Waals surface area (Å²) in [6.45, 7) is 3.50. The summed E-state index contributed by atoms with van der Waals surface area (Å²) in [6.07, 6.45) is 2.71. The number of aryl methyl sites for hydroxylation is 1. The molecular weight excluding hydrogens is 251 g/mol. The van der Waals surface area contributed by atoms with Gasteiger partial charge in [-0.3, -0.25) is 0 Å².